The van der Waals surface area contributed by atoms with E-state index in [-0.39, 0.29) is 18.0 Å². The van der Waals surface area contributed by atoms with Gasteiger partial charge in [0.05, 0.1) is 34.2 Å². The maximum absolute atomic E-state index is 13.7. The normalized spacial score (nSPS) is 11.5. The standard InChI is InChI=1S/C21H15F3N4O3S/c1-2-31-20(30)15-10-26-28(18(15)21(22,23)24)14-5-3-4-13(9-14)27-19(29)12-6-7-16-17(8-12)32-11-25-16/h3-11H,2H2,1H3,(H,27,29). The zero-order valence-electron chi connectivity index (χ0n) is 16.5. The van der Waals surface area contributed by atoms with Gasteiger partial charge in [0.15, 0.2) is 5.69 Å². The molecule has 0 atom stereocenters. The van der Waals surface area contributed by atoms with Crippen molar-refractivity contribution >= 4 is 39.1 Å². The maximum Gasteiger partial charge on any atom is 0.434 e. The molecule has 11 heteroatoms. The number of amides is 1. The molecule has 1 N–H and O–H groups in total. The zero-order valence-corrected chi connectivity index (χ0v) is 17.3. The molecule has 2 aromatic carbocycles. The van der Waals surface area contributed by atoms with Gasteiger partial charge >= 0.3 is 12.1 Å². The van der Waals surface area contributed by atoms with Crippen molar-refractivity contribution in [2.24, 2.45) is 0 Å². The Morgan fingerprint density at radius 2 is 2.00 bits per heavy atom. The Hall–Kier alpha value is -3.73. The fourth-order valence-electron chi connectivity index (χ4n) is 3.09. The van der Waals surface area contributed by atoms with E-state index in [1.165, 1.54) is 42.5 Å². The number of alkyl halides is 3. The number of nitrogens with one attached hydrogen (secondary N) is 1. The molecular formula is C21H15F3N4O3S. The molecule has 0 fully saturated rings. The molecule has 4 rings (SSSR count). The second-order valence-electron chi connectivity index (χ2n) is 6.58. The number of anilines is 1. The average molecular weight is 460 g/mol. The van der Waals surface area contributed by atoms with Gasteiger partial charge in [-0.1, -0.05) is 6.07 Å². The number of carbonyl (C=O) groups excluding carboxylic acids is 2. The molecule has 0 aliphatic rings. The van der Waals surface area contributed by atoms with Gasteiger partial charge in [0.1, 0.15) is 5.56 Å². The van der Waals surface area contributed by atoms with Crippen molar-refractivity contribution in [2.45, 2.75) is 13.1 Å². The van der Waals surface area contributed by atoms with Crippen LogP contribution in [0.5, 0.6) is 0 Å². The molecule has 7 nitrogen and oxygen atoms in total. The van der Waals surface area contributed by atoms with E-state index in [1.807, 2.05) is 0 Å². The number of hydrogen-bond donors (Lipinski definition) is 1. The number of aromatic nitrogens is 3. The molecule has 0 saturated heterocycles. The van der Waals surface area contributed by atoms with Gasteiger partial charge in [0.2, 0.25) is 0 Å². The first kappa shape index (κ1) is 21.5. The minimum atomic E-state index is -4.86. The fourth-order valence-corrected chi connectivity index (χ4v) is 3.81. The molecule has 0 unspecified atom stereocenters. The summed E-state index contributed by atoms with van der Waals surface area (Å²) in [5.41, 5.74) is 1.16. The van der Waals surface area contributed by atoms with E-state index in [1.54, 1.807) is 23.7 Å². The van der Waals surface area contributed by atoms with E-state index >= 15 is 0 Å². The first-order valence-electron chi connectivity index (χ1n) is 9.35. The third kappa shape index (κ3) is 4.19. The SMILES string of the molecule is CCOC(=O)c1cnn(-c2cccc(NC(=O)c3ccc4ncsc4c3)c2)c1C(F)(F)F. The number of thiazole rings is 1. The molecule has 0 bridgehead atoms. The van der Waals surface area contributed by atoms with Crippen molar-refractivity contribution in [3.05, 3.63) is 71.0 Å². The first-order chi connectivity index (χ1) is 15.3. The van der Waals surface area contributed by atoms with Crippen molar-refractivity contribution in [2.75, 3.05) is 11.9 Å². The summed E-state index contributed by atoms with van der Waals surface area (Å²) in [4.78, 5) is 28.7. The number of benzene rings is 2. The summed E-state index contributed by atoms with van der Waals surface area (Å²) in [6.07, 6.45) is -4.04. The van der Waals surface area contributed by atoms with Crippen LogP contribution in [0.3, 0.4) is 0 Å². The van der Waals surface area contributed by atoms with E-state index < -0.39 is 29.3 Å². The van der Waals surface area contributed by atoms with E-state index in [0.717, 1.165) is 16.4 Å². The summed E-state index contributed by atoms with van der Waals surface area (Å²) in [6, 6.07) is 10.7. The number of nitrogens with zero attached hydrogens (tertiary/aromatic N) is 3. The van der Waals surface area contributed by atoms with Gasteiger partial charge in [-0.15, -0.1) is 11.3 Å². The largest absolute Gasteiger partial charge is 0.462 e. The van der Waals surface area contributed by atoms with Gasteiger partial charge in [0, 0.05) is 11.3 Å². The predicted molar refractivity (Wildman–Crippen MR) is 112 cm³/mol. The van der Waals surface area contributed by atoms with Crippen LogP contribution in [0.15, 0.2) is 54.2 Å². The summed E-state index contributed by atoms with van der Waals surface area (Å²) < 4.78 is 47.3. The Bertz CT molecular complexity index is 1310. The van der Waals surface area contributed by atoms with Gasteiger partial charge in [-0.3, -0.25) is 4.79 Å². The quantitative estimate of drug-likeness (QED) is 0.427. The lowest BCUT2D eigenvalue weighted by atomic mass is 10.2. The molecule has 0 aliphatic carbocycles. The number of hydrogen-bond acceptors (Lipinski definition) is 6. The van der Waals surface area contributed by atoms with Gasteiger partial charge < -0.3 is 10.1 Å². The van der Waals surface area contributed by atoms with Crippen molar-refractivity contribution < 1.29 is 27.5 Å². The lowest BCUT2D eigenvalue weighted by molar-refractivity contribution is -0.143. The number of ether oxygens (including phenoxy) is 1. The summed E-state index contributed by atoms with van der Waals surface area (Å²) in [5, 5.41) is 6.41. The highest BCUT2D eigenvalue weighted by Gasteiger charge is 2.41. The van der Waals surface area contributed by atoms with E-state index in [4.69, 9.17) is 4.74 Å². The fraction of sp³-hybridized carbons (Fsp3) is 0.143. The van der Waals surface area contributed by atoms with Crippen LogP contribution in [-0.2, 0) is 10.9 Å². The van der Waals surface area contributed by atoms with E-state index in [0.29, 0.717) is 10.2 Å². The van der Waals surface area contributed by atoms with Gasteiger partial charge in [0.25, 0.3) is 5.91 Å². The molecular weight excluding hydrogens is 445 g/mol. The van der Waals surface area contributed by atoms with Crippen molar-refractivity contribution in [3.63, 3.8) is 0 Å². The molecule has 0 radical (unpaired) electrons. The van der Waals surface area contributed by atoms with Crippen LogP contribution < -0.4 is 5.32 Å². The molecule has 164 valence electrons. The molecule has 0 saturated carbocycles. The second kappa shape index (κ2) is 8.42. The highest BCUT2D eigenvalue weighted by molar-refractivity contribution is 7.16. The number of carbonyl (C=O) groups is 2. The van der Waals surface area contributed by atoms with Crippen LogP contribution >= 0.6 is 11.3 Å². The first-order valence-corrected chi connectivity index (χ1v) is 10.2. The zero-order chi connectivity index (χ0) is 22.9. The predicted octanol–water partition coefficient (Wildman–Crippen LogP) is 4.93. The van der Waals surface area contributed by atoms with Crippen molar-refractivity contribution in [1.29, 1.82) is 0 Å². The lowest BCUT2D eigenvalue weighted by Gasteiger charge is -2.13. The van der Waals surface area contributed by atoms with E-state index in [9.17, 15) is 22.8 Å². The second-order valence-corrected chi connectivity index (χ2v) is 7.46. The lowest BCUT2D eigenvalue weighted by Crippen LogP contribution is -2.18. The Labute approximate surface area is 183 Å². The topological polar surface area (TPSA) is 86.1 Å². The molecule has 0 spiro atoms. The summed E-state index contributed by atoms with van der Waals surface area (Å²) >= 11 is 1.39. The van der Waals surface area contributed by atoms with Gasteiger partial charge in [-0.25, -0.2) is 14.5 Å². The Kier molecular flexibility index (Phi) is 5.66. The number of esters is 1. The number of rotatable bonds is 5. The third-order valence-corrected chi connectivity index (χ3v) is 5.27. The molecule has 4 aromatic rings. The molecule has 2 heterocycles. The number of fused-ring (bicyclic) bond motifs is 1. The highest BCUT2D eigenvalue weighted by Crippen LogP contribution is 2.34. The highest BCUT2D eigenvalue weighted by atomic mass is 32.1. The Morgan fingerprint density at radius 1 is 1.19 bits per heavy atom. The molecule has 1 amide bonds. The van der Waals surface area contributed by atoms with Crippen LogP contribution in [0.4, 0.5) is 18.9 Å². The van der Waals surface area contributed by atoms with Crippen LogP contribution in [0.1, 0.15) is 33.3 Å². The van der Waals surface area contributed by atoms with Crippen molar-refractivity contribution in [1.82, 2.24) is 14.8 Å². The Morgan fingerprint density at radius 3 is 2.75 bits per heavy atom. The summed E-state index contributed by atoms with van der Waals surface area (Å²) in [7, 11) is 0. The summed E-state index contributed by atoms with van der Waals surface area (Å²) in [5.74, 6) is -1.55. The van der Waals surface area contributed by atoms with Gasteiger partial charge in [-0.2, -0.15) is 18.3 Å². The minimum absolute atomic E-state index is 0.0172. The van der Waals surface area contributed by atoms with E-state index in [2.05, 4.69) is 15.4 Å². The maximum atomic E-state index is 13.7. The van der Waals surface area contributed by atoms with Crippen LogP contribution in [-0.4, -0.2) is 33.2 Å². The smallest absolute Gasteiger partial charge is 0.434 e. The summed E-state index contributed by atoms with van der Waals surface area (Å²) in [6.45, 7) is 1.42. The molecule has 2 aromatic heterocycles. The monoisotopic (exact) mass is 460 g/mol. The third-order valence-electron chi connectivity index (χ3n) is 4.48. The van der Waals surface area contributed by atoms with Crippen LogP contribution in [0.2, 0.25) is 0 Å². The average Bonchev–Trinajstić information content (AvgIpc) is 3.40. The van der Waals surface area contributed by atoms with Gasteiger partial charge in [-0.05, 0) is 43.3 Å². The van der Waals surface area contributed by atoms with Crippen molar-refractivity contribution in [3.8, 4) is 5.69 Å². The number of halogens is 3. The minimum Gasteiger partial charge on any atom is -0.462 e. The molecule has 0 aliphatic heterocycles. The van der Waals surface area contributed by atoms with Crippen LogP contribution in [0, 0.1) is 0 Å². The van der Waals surface area contributed by atoms with Crippen LogP contribution in [0.25, 0.3) is 15.9 Å². The Balaban J connectivity index is 1.65. The molecule has 32 heavy (non-hydrogen) atoms.